The average Bonchev–Trinajstić information content (AvgIpc) is 2.78. The van der Waals surface area contributed by atoms with Crippen molar-refractivity contribution in [3.05, 3.63) is 0 Å². The fraction of sp³-hybridized carbons (Fsp3) is 1.00. The van der Waals surface area contributed by atoms with Gasteiger partial charge in [0.1, 0.15) is 0 Å². The molecule has 0 aromatic carbocycles. The van der Waals surface area contributed by atoms with Gasteiger partial charge in [0.25, 0.3) is 0 Å². The van der Waals surface area contributed by atoms with E-state index in [-0.39, 0.29) is 0 Å². The van der Waals surface area contributed by atoms with Crippen LogP contribution in [-0.2, 0) is 4.74 Å². The van der Waals surface area contributed by atoms with Crippen LogP contribution in [0.4, 0.5) is 0 Å². The maximum Gasteiger partial charge on any atom is 0.0594 e. The molecule has 2 unspecified atom stereocenters. The second-order valence-corrected chi connectivity index (χ2v) is 5.51. The molecule has 1 heterocycles. The maximum atomic E-state index is 5.77. The van der Waals surface area contributed by atoms with Gasteiger partial charge in [0.15, 0.2) is 0 Å². The van der Waals surface area contributed by atoms with E-state index in [4.69, 9.17) is 10.5 Å². The van der Waals surface area contributed by atoms with Crippen LogP contribution in [0.2, 0.25) is 0 Å². The number of nitrogens with zero attached hydrogens (tertiary/aromatic N) is 1. The molecule has 0 amide bonds. The Kier molecular flexibility index (Phi) is 3.33. The molecule has 0 spiro atoms. The Bertz CT molecular complexity index is 212. The molecule has 0 aromatic rings. The van der Waals surface area contributed by atoms with Crippen molar-refractivity contribution < 1.29 is 4.74 Å². The summed E-state index contributed by atoms with van der Waals surface area (Å²) in [4.78, 5) is 2.52. The lowest BCUT2D eigenvalue weighted by molar-refractivity contribution is 0.0363. The van der Waals surface area contributed by atoms with Crippen LogP contribution in [0.15, 0.2) is 0 Å². The monoisotopic (exact) mass is 212 g/mol. The summed E-state index contributed by atoms with van der Waals surface area (Å²) >= 11 is 0. The van der Waals surface area contributed by atoms with Crippen LogP contribution in [0.1, 0.15) is 20.3 Å². The van der Waals surface area contributed by atoms with Crippen LogP contribution in [0.3, 0.4) is 0 Å². The second kappa shape index (κ2) is 4.40. The fourth-order valence-corrected chi connectivity index (χ4v) is 3.05. The second-order valence-electron chi connectivity index (χ2n) is 5.51. The molecule has 2 atom stereocenters. The summed E-state index contributed by atoms with van der Waals surface area (Å²) < 4.78 is 5.34. The molecular weight excluding hydrogens is 188 g/mol. The Morgan fingerprint density at radius 2 is 1.93 bits per heavy atom. The van der Waals surface area contributed by atoms with Gasteiger partial charge < -0.3 is 10.5 Å². The van der Waals surface area contributed by atoms with Crippen LogP contribution in [0.25, 0.3) is 0 Å². The first-order valence-electron chi connectivity index (χ1n) is 6.16. The highest BCUT2D eigenvalue weighted by Crippen LogP contribution is 2.59. The number of rotatable bonds is 4. The van der Waals surface area contributed by atoms with Crippen molar-refractivity contribution in [3.63, 3.8) is 0 Å². The summed E-state index contributed by atoms with van der Waals surface area (Å²) in [6.07, 6.45) is 1.31. The van der Waals surface area contributed by atoms with Crippen molar-refractivity contribution in [3.8, 4) is 0 Å². The summed E-state index contributed by atoms with van der Waals surface area (Å²) in [5.74, 6) is 1.61. The number of ether oxygens (including phenoxy) is 1. The first-order valence-corrected chi connectivity index (χ1v) is 6.16. The van der Waals surface area contributed by atoms with E-state index < -0.39 is 0 Å². The third kappa shape index (κ3) is 2.35. The Balaban J connectivity index is 1.70. The van der Waals surface area contributed by atoms with E-state index in [9.17, 15) is 0 Å². The van der Waals surface area contributed by atoms with Crippen LogP contribution < -0.4 is 5.73 Å². The first kappa shape index (κ1) is 11.4. The number of hydrogen-bond acceptors (Lipinski definition) is 3. The Labute approximate surface area is 93.0 Å². The van der Waals surface area contributed by atoms with Gasteiger partial charge in [0.05, 0.1) is 13.2 Å². The van der Waals surface area contributed by atoms with Gasteiger partial charge in [-0.2, -0.15) is 0 Å². The highest BCUT2D eigenvalue weighted by molar-refractivity contribution is 5.05. The molecule has 88 valence electrons. The van der Waals surface area contributed by atoms with Gasteiger partial charge in [-0.25, -0.2) is 0 Å². The molecule has 15 heavy (non-hydrogen) atoms. The van der Waals surface area contributed by atoms with Crippen molar-refractivity contribution in [2.24, 2.45) is 23.0 Å². The highest BCUT2D eigenvalue weighted by atomic mass is 16.5. The van der Waals surface area contributed by atoms with E-state index in [2.05, 4.69) is 18.7 Å². The zero-order valence-electron chi connectivity index (χ0n) is 10.0. The normalized spacial score (nSPS) is 35.4. The number of nitrogens with two attached hydrogens (primary N) is 1. The summed E-state index contributed by atoms with van der Waals surface area (Å²) in [7, 11) is 0. The Morgan fingerprint density at radius 1 is 1.27 bits per heavy atom. The molecule has 2 aliphatic rings. The van der Waals surface area contributed by atoms with Crippen molar-refractivity contribution in [2.75, 3.05) is 39.4 Å². The molecule has 0 bridgehead atoms. The largest absolute Gasteiger partial charge is 0.379 e. The van der Waals surface area contributed by atoms with E-state index in [0.29, 0.717) is 5.41 Å². The number of hydrogen-bond donors (Lipinski definition) is 1. The smallest absolute Gasteiger partial charge is 0.0594 e. The van der Waals surface area contributed by atoms with Gasteiger partial charge in [0, 0.05) is 13.1 Å². The van der Waals surface area contributed by atoms with Crippen molar-refractivity contribution in [2.45, 2.75) is 20.3 Å². The zero-order chi connectivity index (χ0) is 10.9. The molecule has 2 fully saturated rings. The molecular formula is C12H24N2O. The van der Waals surface area contributed by atoms with Crippen LogP contribution in [0, 0.1) is 17.3 Å². The van der Waals surface area contributed by atoms with Crippen LogP contribution in [0.5, 0.6) is 0 Å². The van der Waals surface area contributed by atoms with E-state index in [1.54, 1.807) is 0 Å². The molecule has 0 aromatic heterocycles. The third-order valence-corrected chi connectivity index (χ3v) is 4.40. The van der Waals surface area contributed by atoms with Gasteiger partial charge in [-0.05, 0) is 36.8 Å². The van der Waals surface area contributed by atoms with Gasteiger partial charge in [-0.1, -0.05) is 13.8 Å². The van der Waals surface area contributed by atoms with Crippen molar-refractivity contribution in [1.82, 2.24) is 4.90 Å². The lowest BCUT2D eigenvalue weighted by Gasteiger charge is -2.26. The average molecular weight is 212 g/mol. The maximum absolute atomic E-state index is 5.77. The summed E-state index contributed by atoms with van der Waals surface area (Å²) in [6, 6.07) is 0. The molecule has 0 radical (unpaired) electrons. The molecule has 1 aliphatic carbocycles. The van der Waals surface area contributed by atoms with Gasteiger partial charge in [-0.15, -0.1) is 0 Å². The molecule has 1 saturated carbocycles. The molecule has 2 N–H and O–H groups in total. The predicted octanol–water partition coefficient (Wildman–Crippen LogP) is 0.940. The van der Waals surface area contributed by atoms with Crippen LogP contribution >= 0.6 is 0 Å². The lowest BCUT2D eigenvalue weighted by Crippen LogP contribution is -2.37. The molecule has 1 aliphatic heterocycles. The van der Waals surface area contributed by atoms with E-state index >= 15 is 0 Å². The number of morpholine rings is 1. The molecule has 1 saturated heterocycles. The molecule has 2 rings (SSSR count). The fourth-order valence-electron chi connectivity index (χ4n) is 3.05. The zero-order valence-corrected chi connectivity index (χ0v) is 10.0. The van der Waals surface area contributed by atoms with Crippen LogP contribution in [-0.4, -0.2) is 44.3 Å². The summed E-state index contributed by atoms with van der Waals surface area (Å²) in [5, 5.41) is 0. The highest BCUT2D eigenvalue weighted by Gasteiger charge is 2.55. The predicted molar refractivity (Wildman–Crippen MR) is 61.7 cm³/mol. The van der Waals surface area contributed by atoms with E-state index in [1.807, 2.05) is 0 Å². The van der Waals surface area contributed by atoms with Gasteiger partial charge >= 0.3 is 0 Å². The Morgan fingerprint density at radius 3 is 2.47 bits per heavy atom. The van der Waals surface area contributed by atoms with E-state index in [1.165, 1.54) is 13.0 Å². The summed E-state index contributed by atoms with van der Waals surface area (Å²) in [5.41, 5.74) is 6.28. The SMILES string of the molecule is CC1(C)C(CN)C1CCN1CCOCC1. The standard InChI is InChI=1S/C12H24N2O/c1-12(2)10(11(12)9-13)3-4-14-5-7-15-8-6-14/h10-11H,3-9,13H2,1-2H3. The van der Waals surface area contributed by atoms with Gasteiger partial charge in [-0.3, -0.25) is 4.90 Å². The minimum atomic E-state index is 0.501. The van der Waals surface area contributed by atoms with E-state index in [0.717, 1.165) is 44.7 Å². The molecule has 3 heteroatoms. The minimum absolute atomic E-state index is 0.501. The topological polar surface area (TPSA) is 38.5 Å². The van der Waals surface area contributed by atoms with Crippen molar-refractivity contribution >= 4 is 0 Å². The van der Waals surface area contributed by atoms with Gasteiger partial charge in [0.2, 0.25) is 0 Å². The summed E-state index contributed by atoms with van der Waals surface area (Å²) in [6.45, 7) is 10.8. The lowest BCUT2D eigenvalue weighted by atomic mass is 10.1. The quantitative estimate of drug-likeness (QED) is 0.754. The third-order valence-electron chi connectivity index (χ3n) is 4.40. The first-order chi connectivity index (χ1) is 7.16. The Hall–Kier alpha value is -0.120. The minimum Gasteiger partial charge on any atom is -0.379 e. The van der Waals surface area contributed by atoms with Crippen molar-refractivity contribution in [1.29, 1.82) is 0 Å². The molecule has 3 nitrogen and oxygen atoms in total.